The van der Waals surface area contributed by atoms with Crippen LogP contribution in [0.15, 0.2) is 40.8 Å². The van der Waals surface area contributed by atoms with Gasteiger partial charge >= 0.3 is 7.12 Å². The van der Waals surface area contributed by atoms with Gasteiger partial charge in [-0.25, -0.2) is 0 Å². The van der Waals surface area contributed by atoms with Gasteiger partial charge in [0.2, 0.25) is 0 Å². The molecule has 27 heavy (non-hydrogen) atoms. The molecule has 4 heteroatoms. The van der Waals surface area contributed by atoms with Crippen LogP contribution in [0.2, 0.25) is 0 Å². The number of hydrogen-bond donors (Lipinski definition) is 0. The Bertz CT molecular complexity index is 999. The van der Waals surface area contributed by atoms with Crippen molar-refractivity contribution in [1.82, 2.24) is 0 Å². The first kappa shape index (κ1) is 18.3. The van der Waals surface area contributed by atoms with Gasteiger partial charge in [0.25, 0.3) is 0 Å². The van der Waals surface area contributed by atoms with Gasteiger partial charge in [-0.2, -0.15) is 0 Å². The Morgan fingerprint density at radius 2 is 1.37 bits per heavy atom. The van der Waals surface area contributed by atoms with Crippen LogP contribution in [0.3, 0.4) is 0 Å². The van der Waals surface area contributed by atoms with E-state index in [2.05, 4.69) is 66.7 Å². The van der Waals surface area contributed by atoms with Crippen molar-refractivity contribution in [2.24, 2.45) is 0 Å². The minimum absolute atomic E-state index is 0.354. The van der Waals surface area contributed by atoms with E-state index >= 15 is 0 Å². The fourth-order valence-corrected chi connectivity index (χ4v) is 3.71. The summed E-state index contributed by atoms with van der Waals surface area (Å²) < 4.78 is 18.9. The van der Waals surface area contributed by atoms with Gasteiger partial charge in [0.15, 0.2) is 0 Å². The summed E-state index contributed by atoms with van der Waals surface area (Å²) in [7, 11) is -0.368. The summed E-state index contributed by atoms with van der Waals surface area (Å²) in [5, 5.41) is 1.13. The summed E-state index contributed by atoms with van der Waals surface area (Å²) in [5.74, 6) is 0.930. The van der Waals surface area contributed by atoms with Crippen molar-refractivity contribution >= 4 is 23.6 Å². The second-order valence-corrected chi connectivity index (χ2v) is 8.60. The van der Waals surface area contributed by atoms with Crippen LogP contribution in [-0.4, -0.2) is 18.3 Å². The van der Waals surface area contributed by atoms with Crippen LogP contribution in [0.1, 0.15) is 44.4 Å². The zero-order valence-corrected chi connectivity index (χ0v) is 17.3. The molecule has 0 aliphatic carbocycles. The average molecular weight is 362 g/mol. The standard InChI is InChI=1S/C23H27BO3/c1-14-15(2)21-18(16(3)20(25-21)17-11-9-8-10-12-17)13-19(14)24-26-22(4,5)23(6,7)27-24/h8-13H,1-7H3. The minimum atomic E-state index is -0.368. The van der Waals surface area contributed by atoms with Crippen molar-refractivity contribution in [2.75, 3.05) is 0 Å². The summed E-state index contributed by atoms with van der Waals surface area (Å²) in [6, 6.07) is 12.5. The van der Waals surface area contributed by atoms with E-state index in [-0.39, 0.29) is 18.3 Å². The number of rotatable bonds is 2. The molecule has 0 spiro atoms. The van der Waals surface area contributed by atoms with Gasteiger partial charge in [0.05, 0.1) is 11.2 Å². The molecule has 0 N–H and O–H groups in total. The molecular weight excluding hydrogens is 335 g/mol. The zero-order valence-electron chi connectivity index (χ0n) is 17.3. The van der Waals surface area contributed by atoms with Crippen molar-refractivity contribution in [2.45, 2.75) is 59.7 Å². The second-order valence-electron chi connectivity index (χ2n) is 8.60. The van der Waals surface area contributed by atoms with Crippen LogP contribution >= 0.6 is 0 Å². The van der Waals surface area contributed by atoms with Crippen LogP contribution < -0.4 is 5.46 Å². The highest BCUT2D eigenvalue weighted by Crippen LogP contribution is 2.39. The van der Waals surface area contributed by atoms with E-state index in [4.69, 9.17) is 13.7 Å². The lowest BCUT2D eigenvalue weighted by Gasteiger charge is -2.32. The molecule has 0 radical (unpaired) electrons. The highest BCUT2D eigenvalue weighted by atomic mass is 16.7. The normalized spacial score (nSPS) is 18.4. The van der Waals surface area contributed by atoms with Crippen molar-refractivity contribution in [1.29, 1.82) is 0 Å². The Kier molecular flexibility index (Phi) is 4.06. The number of hydrogen-bond acceptors (Lipinski definition) is 3. The monoisotopic (exact) mass is 362 g/mol. The third-order valence-corrected chi connectivity index (χ3v) is 6.37. The van der Waals surface area contributed by atoms with Crippen molar-refractivity contribution in [3.05, 3.63) is 53.1 Å². The Morgan fingerprint density at radius 3 is 1.96 bits per heavy atom. The van der Waals surface area contributed by atoms with Crippen molar-refractivity contribution in [3.63, 3.8) is 0 Å². The first-order valence-electron chi connectivity index (χ1n) is 9.56. The molecule has 1 aliphatic heterocycles. The van der Waals surface area contributed by atoms with Crippen LogP contribution in [0.4, 0.5) is 0 Å². The molecule has 140 valence electrons. The highest BCUT2D eigenvalue weighted by Gasteiger charge is 2.52. The molecule has 3 aromatic rings. The van der Waals surface area contributed by atoms with E-state index in [0.717, 1.165) is 44.4 Å². The van der Waals surface area contributed by atoms with E-state index in [9.17, 15) is 0 Å². The molecule has 2 aromatic carbocycles. The summed E-state index contributed by atoms with van der Waals surface area (Å²) in [6.45, 7) is 14.7. The molecule has 0 atom stereocenters. The maximum atomic E-state index is 6.31. The number of fused-ring (bicyclic) bond motifs is 1. The molecule has 0 amide bonds. The smallest absolute Gasteiger partial charge is 0.456 e. The molecule has 0 unspecified atom stereocenters. The fraction of sp³-hybridized carbons (Fsp3) is 0.391. The van der Waals surface area contributed by atoms with Gasteiger partial charge < -0.3 is 13.7 Å². The lowest BCUT2D eigenvalue weighted by Crippen LogP contribution is -2.41. The molecule has 0 bridgehead atoms. The molecule has 4 rings (SSSR count). The van der Waals surface area contributed by atoms with E-state index in [1.54, 1.807) is 0 Å². The van der Waals surface area contributed by atoms with E-state index < -0.39 is 0 Å². The minimum Gasteiger partial charge on any atom is -0.456 e. The third kappa shape index (κ3) is 2.74. The first-order valence-corrected chi connectivity index (χ1v) is 9.56. The number of furan rings is 1. The van der Waals surface area contributed by atoms with Gasteiger partial charge in [0.1, 0.15) is 11.3 Å². The van der Waals surface area contributed by atoms with E-state index in [1.165, 1.54) is 0 Å². The summed E-state index contributed by atoms with van der Waals surface area (Å²) >= 11 is 0. The molecule has 2 heterocycles. The lowest BCUT2D eigenvalue weighted by atomic mass is 9.74. The third-order valence-electron chi connectivity index (χ3n) is 6.37. The predicted molar refractivity (Wildman–Crippen MR) is 112 cm³/mol. The average Bonchev–Trinajstić information content (AvgIpc) is 3.05. The second kappa shape index (κ2) is 5.98. The van der Waals surface area contributed by atoms with Gasteiger partial charge in [-0.15, -0.1) is 0 Å². The van der Waals surface area contributed by atoms with Crippen LogP contribution in [0.5, 0.6) is 0 Å². The molecular formula is C23H27BO3. The molecule has 0 saturated carbocycles. The molecule has 1 saturated heterocycles. The van der Waals surface area contributed by atoms with E-state index in [0.29, 0.717) is 0 Å². The van der Waals surface area contributed by atoms with Crippen molar-refractivity contribution < 1.29 is 13.7 Å². The van der Waals surface area contributed by atoms with Crippen LogP contribution in [0, 0.1) is 20.8 Å². The fourth-order valence-electron chi connectivity index (χ4n) is 3.71. The molecule has 1 aliphatic rings. The van der Waals surface area contributed by atoms with Crippen molar-refractivity contribution in [3.8, 4) is 11.3 Å². The Labute approximate surface area is 161 Å². The maximum absolute atomic E-state index is 6.31. The lowest BCUT2D eigenvalue weighted by molar-refractivity contribution is 0.00578. The van der Waals surface area contributed by atoms with Crippen LogP contribution in [-0.2, 0) is 9.31 Å². The summed E-state index contributed by atoms with van der Waals surface area (Å²) in [4.78, 5) is 0. The highest BCUT2D eigenvalue weighted by molar-refractivity contribution is 6.63. The van der Waals surface area contributed by atoms with Gasteiger partial charge in [0, 0.05) is 16.5 Å². The quantitative estimate of drug-likeness (QED) is 0.578. The topological polar surface area (TPSA) is 31.6 Å². The SMILES string of the molecule is Cc1c(B2OC(C)(C)C(C)(C)O2)cc2c(C)c(-c3ccccc3)oc2c1C. The number of benzene rings is 2. The van der Waals surface area contributed by atoms with E-state index in [1.807, 2.05) is 18.2 Å². The number of aryl methyl sites for hydroxylation is 2. The van der Waals surface area contributed by atoms with Gasteiger partial charge in [-0.1, -0.05) is 36.4 Å². The summed E-state index contributed by atoms with van der Waals surface area (Å²) in [6.07, 6.45) is 0. The molecule has 1 fully saturated rings. The Balaban J connectivity index is 1.88. The maximum Gasteiger partial charge on any atom is 0.495 e. The summed E-state index contributed by atoms with van der Waals surface area (Å²) in [5.41, 5.74) is 5.88. The predicted octanol–water partition coefficient (Wildman–Crippen LogP) is 5.32. The van der Waals surface area contributed by atoms with Crippen LogP contribution in [0.25, 0.3) is 22.3 Å². The molecule has 1 aromatic heterocycles. The Hall–Kier alpha value is -2.04. The van der Waals surface area contributed by atoms with Gasteiger partial charge in [-0.3, -0.25) is 0 Å². The zero-order chi connectivity index (χ0) is 19.6. The first-order chi connectivity index (χ1) is 12.6. The van der Waals surface area contributed by atoms with Gasteiger partial charge in [-0.05, 0) is 65.1 Å². The molecule has 3 nitrogen and oxygen atoms in total. The largest absolute Gasteiger partial charge is 0.495 e. The Morgan fingerprint density at radius 1 is 0.778 bits per heavy atom.